The molecule has 4 heteroatoms. The van der Waals surface area contributed by atoms with Crippen LogP contribution in [0, 0.1) is 5.92 Å². The molecular formula is C17H17NO3. The Morgan fingerprint density at radius 2 is 2.29 bits per heavy atom. The first kappa shape index (κ1) is 12.8. The topological polar surface area (TPSA) is 51.6 Å². The van der Waals surface area contributed by atoms with Gasteiger partial charge in [-0.3, -0.25) is 0 Å². The standard InChI is InChI=1S/C17H17NO3/c1-20-14-5-2-6-15-12(14)10-17(19,11-7-8-11)13-4-3-9-18-16(13)21-15/h2-6,9-11,14,19H,7-8H2,1H3. The zero-order valence-corrected chi connectivity index (χ0v) is 11.8. The third-order valence-electron chi connectivity index (χ3n) is 4.36. The fraction of sp³-hybridized carbons (Fsp3) is 0.353. The fourth-order valence-corrected chi connectivity index (χ4v) is 3.09. The largest absolute Gasteiger partial charge is 0.438 e. The minimum Gasteiger partial charge on any atom is -0.438 e. The molecule has 21 heavy (non-hydrogen) atoms. The third-order valence-corrected chi connectivity index (χ3v) is 4.36. The van der Waals surface area contributed by atoms with E-state index in [-0.39, 0.29) is 12.0 Å². The Morgan fingerprint density at radius 3 is 3.05 bits per heavy atom. The van der Waals surface area contributed by atoms with E-state index in [1.54, 1.807) is 13.3 Å². The molecule has 0 radical (unpaired) electrons. The third kappa shape index (κ3) is 1.94. The SMILES string of the molecule is COC1C=CC=C2Oc3ncccc3C(O)(C3CC3)C=C21. The number of methoxy groups -OCH3 is 1. The van der Waals surface area contributed by atoms with E-state index < -0.39 is 5.60 Å². The Hall–Kier alpha value is -1.91. The van der Waals surface area contributed by atoms with E-state index in [1.165, 1.54) is 0 Å². The summed E-state index contributed by atoms with van der Waals surface area (Å²) in [6.07, 6.45) is 11.2. The molecule has 0 saturated heterocycles. The van der Waals surface area contributed by atoms with Gasteiger partial charge in [-0.1, -0.05) is 12.2 Å². The molecule has 2 unspecified atom stereocenters. The predicted molar refractivity (Wildman–Crippen MR) is 77.6 cm³/mol. The maximum Gasteiger partial charge on any atom is 0.225 e. The number of pyridine rings is 1. The number of nitrogens with zero attached hydrogens (tertiary/aromatic N) is 1. The number of hydrogen-bond acceptors (Lipinski definition) is 4. The Labute approximate surface area is 123 Å². The molecule has 1 fully saturated rings. The lowest BCUT2D eigenvalue weighted by atomic mass is 9.86. The molecule has 4 nitrogen and oxygen atoms in total. The maximum absolute atomic E-state index is 11.3. The highest BCUT2D eigenvalue weighted by Crippen LogP contribution is 2.51. The van der Waals surface area contributed by atoms with Crippen molar-refractivity contribution in [2.24, 2.45) is 5.92 Å². The first-order chi connectivity index (χ1) is 10.2. The van der Waals surface area contributed by atoms with Gasteiger partial charge in [-0.25, -0.2) is 4.98 Å². The van der Waals surface area contributed by atoms with Gasteiger partial charge in [0.05, 0.1) is 5.56 Å². The highest BCUT2D eigenvalue weighted by molar-refractivity contribution is 5.50. The van der Waals surface area contributed by atoms with Crippen molar-refractivity contribution in [1.29, 1.82) is 0 Å². The van der Waals surface area contributed by atoms with Crippen molar-refractivity contribution < 1.29 is 14.6 Å². The minimum atomic E-state index is -1.03. The number of ether oxygens (including phenoxy) is 2. The van der Waals surface area contributed by atoms with E-state index in [0.29, 0.717) is 11.6 Å². The molecule has 2 heterocycles. The summed E-state index contributed by atoms with van der Waals surface area (Å²) in [7, 11) is 1.66. The van der Waals surface area contributed by atoms with Crippen LogP contribution in [0.1, 0.15) is 18.4 Å². The van der Waals surface area contributed by atoms with E-state index in [1.807, 2.05) is 36.4 Å². The second-order valence-corrected chi connectivity index (χ2v) is 5.73. The van der Waals surface area contributed by atoms with Crippen molar-refractivity contribution in [3.8, 4) is 5.88 Å². The molecule has 0 spiro atoms. The van der Waals surface area contributed by atoms with E-state index in [9.17, 15) is 5.11 Å². The highest BCUT2D eigenvalue weighted by atomic mass is 16.5. The van der Waals surface area contributed by atoms with Gasteiger partial charge in [0.2, 0.25) is 5.88 Å². The molecule has 0 amide bonds. The van der Waals surface area contributed by atoms with Gasteiger partial charge in [0.25, 0.3) is 0 Å². The normalized spacial score (nSPS) is 30.5. The van der Waals surface area contributed by atoms with Crippen molar-refractivity contribution in [2.45, 2.75) is 24.5 Å². The number of rotatable bonds is 2. The summed E-state index contributed by atoms with van der Waals surface area (Å²) in [5.41, 5.74) is 0.578. The Bertz CT molecular complexity index is 672. The fourth-order valence-electron chi connectivity index (χ4n) is 3.09. The molecule has 2 atom stereocenters. The zero-order chi connectivity index (χ0) is 14.4. The first-order valence-electron chi connectivity index (χ1n) is 7.22. The predicted octanol–water partition coefficient (Wildman–Crippen LogP) is 2.47. The van der Waals surface area contributed by atoms with Crippen molar-refractivity contribution >= 4 is 0 Å². The quantitative estimate of drug-likeness (QED) is 0.906. The maximum atomic E-state index is 11.3. The molecule has 1 aromatic heterocycles. The van der Waals surface area contributed by atoms with Crippen LogP contribution < -0.4 is 4.74 Å². The van der Waals surface area contributed by atoms with E-state index in [2.05, 4.69) is 4.98 Å². The van der Waals surface area contributed by atoms with Crippen LogP contribution >= 0.6 is 0 Å². The van der Waals surface area contributed by atoms with Crippen LogP contribution in [0.3, 0.4) is 0 Å². The smallest absolute Gasteiger partial charge is 0.225 e. The molecule has 1 N–H and O–H groups in total. The van der Waals surface area contributed by atoms with Crippen molar-refractivity contribution in [3.63, 3.8) is 0 Å². The average Bonchev–Trinajstić information content (AvgIpc) is 3.34. The molecule has 3 aliphatic rings. The molecule has 1 aliphatic heterocycles. The van der Waals surface area contributed by atoms with E-state index in [4.69, 9.17) is 9.47 Å². The number of hydrogen-bond donors (Lipinski definition) is 1. The van der Waals surface area contributed by atoms with Gasteiger partial charge in [-0.05, 0) is 43.0 Å². The molecular weight excluding hydrogens is 266 g/mol. The number of fused-ring (bicyclic) bond motifs is 2. The van der Waals surface area contributed by atoms with Gasteiger partial charge < -0.3 is 14.6 Å². The Kier molecular flexibility index (Phi) is 2.77. The summed E-state index contributed by atoms with van der Waals surface area (Å²) in [4.78, 5) is 4.31. The molecule has 1 aromatic rings. The van der Waals surface area contributed by atoms with Crippen molar-refractivity contribution in [1.82, 2.24) is 4.98 Å². The van der Waals surface area contributed by atoms with E-state index >= 15 is 0 Å². The van der Waals surface area contributed by atoms with Crippen molar-refractivity contribution in [3.05, 3.63) is 59.5 Å². The number of aliphatic hydroxyl groups is 1. The van der Waals surface area contributed by atoms with Gasteiger partial charge in [-0.15, -0.1) is 0 Å². The lowest BCUT2D eigenvalue weighted by Gasteiger charge is -2.26. The van der Waals surface area contributed by atoms with Gasteiger partial charge in [0, 0.05) is 18.9 Å². The second-order valence-electron chi connectivity index (χ2n) is 5.73. The van der Waals surface area contributed by atoms with Gasteiger partial charge in [0.15, 0.2) is 0 Å². The molecule has 0 aromatic carbocycles. The molecule has 0 bridgehead atoms. The monoisotopic (exact) mass is 283 g/mol. The molecule has 108 valence electrons. The van der Waals surface area contributed by atoms with Gasteiger partial charge in [-0.2, -0.15) is 0 Å². The summed E-state index contributed by atoms with van der Waals surface area (Å²) in [5, 5.41) is 11.3. The van der Waals surface area contributed by atoms with Crippen LogP contribution in [0.25, 0.3) is 0 Å². The van der Waals surface area contributed by atoms with Gasteiger partial charge in [0.1, 0.15) is 17.5 Å². The lowest BCUT2D eigenvalue weighted by Crippen LogP contribution is -2.27. The first-order valence-corrected chi connectivity index (χ1v) is 7.22. The van der Waals surface area contributed by atoms with E-state index in [0.717, 1.165) is 24.0 Å². The van der Waals surface area contributed by atoms with Crippen LogP contribution in [0.2, 0.25) is 0 Å². The summed E-state index contributed by atoms with van der Waals surface area (Å²) in [6, 6.07) is 3.73. The summed E-state index contributed by atoms with van der Waals surface area (Å²) >= 11 is 0. The van der Waals surface area contributed by atoms with Crippen LogP contribution in [0.15, 0.2) is 54.0 Å². The minimum absolute atomic E-state index is 0.204. The highest BCUT2D eigenvalue weighted by Gasteiger charge is 2.48. The summed E-state index contributed by atoms with van der Waals surface area (Å²) in [6.45, 7) is 0. The lowest BCUT2D eigenvalue weighted by molar-refractivity contribution is 0.0617. The Morgan fingerprint density at radius 1 is 1.43 bits per heavy atom. The number of aromatic nitrogens is 1. The van der Waals surface area contributed by atoms with Crippen LogP contribution in [-0.2, 0) is 10.3 Å². The van der Waals surface area contributed by atoms with Gasteiger partial charge >= 0.3 is 0 Å². The summed E-state index contributed by atoms with van der Waals surface area (Å²) < 4.78 is 11.5. The number of allylic oxidation sites excluding steroid dienone is 2. The Balaban J connectivity index is 1.92. The van der Waals surface area contributed by atoms with Crippen LogP contribution in [-0.4, -0.2) is 23.3 Å². The second kappa shape index (κ2) is 4.55. The molecule has 2 aliphatic carbocycles. The van der Waals surface area contributed by atoms with Crippen LogP contribution in [0.5, 0.6) is 5.88 Å². The summed E-state index contributed by atoms with van der Waals surface area (Å²) in [5.74, 6) is 1.40. The molecule has 4 rings (SSSR count). The van der Waals surface area contributed by atoms with Crippen LogP contribution in [0.4, 0.5) is 0 Å². The van der Waals surface area contributed by atoms with Crippen molar-refractivity contribution in [2.75, 3.05) is 7.11 Å². The molecule has 1 saturated carbocycles. The zero-order valence-electron chi connectivity index (χ0n) is 11.8. The average molecular weight is 283 g/mol.